The van der Waals surface area contributed by atoms with Gasteiger partial charge < -0.3 is 20.5 Å². The van der Waals surface area contributed by atoms with Crippen LogP contribution >= 0.6 is 0 Å². The van der Waals surface area contributed by atoms with Crippen molar-refractivity contribution < 1.29 is 24.2 Å². The third-order valence-electron chi connectivity index (χ3n) is 6.52. The van der Waals surface area contributed by atoms with Gasteiger partial charge in [-0.2, -0.15) is 0 Å². The van der Waals surface area contributed by atoms with Crippen LogP contribution in [0.3, 0.4) is 0 Å². The van der Waals surface area contributed by atoms with Crippen molar-refractivity contribution in [2.24, 2.45) is 5.92 Å². The molecule has 0 heterocycles. The van der Waals surface area contributed by atoms with Crippen LogP contribution in [0.1, 0.15) is 57.1 Å². The third-order valence-corrected chi connectivity index (χ3v) is 6.52. The van der Waals surface area contributed by atoms with E-state index >= 15 is 0 Å². The molecule has 2 aromatic rings. The van der Waals surface area contributed by atoms with Gasteiger partial charge in [-0.3, -0.25) is 9.59 Å². The first-order valence-electron chi connectivity index (χ1n) is 11.4. The largest absolute Gasteiger partial charge is 0.481 e. The van der Waals surface area contributed by atoms with E-state index < -0.39 is 17.6 Å². The molecule has 0 fully saturated rings. The molecule has 176 valence electrons. The first-order valence-corrected chi connectivity index (χ1v) is 11.4. The van der Waals surface area contributed by atoms with E-state index in [0.717, 1.165) is 22.3 Å². The van der Waals surface area contributed by atoms with E-state index in [2.05, 4.69) is 22.8 Å². The molecule has 2 amide bonds. The fraction of sp³-hybridized carbons (Fsp3) is 0.423. The Labute approximate surface area is 194 Å². The van der Waals surface area contributed by atoms with Crippen molar-refractivity contribution >= 4 is 18.0 Å². The average molecular weight is 453 g/mol. The molecule has 3 N–H and O–H groups in total. The molecule has 0 spiro atoms. The maximum absolute atomic E-state index is 12.8. The zero-order valence-corrected chi connectivity index (χ0v) is 19.4. The number of alkyl carbamates (subject to hydrolysis) is 1. The third kappa shape index (κ3) is 5.53. The minimum absolute atomic E-state index is 0.0145. The Kier molecular flexibility index (Phi) is 7.74. The number of aliphatic carboxylic acids is 1. The molecule has 3 rings (SSSR count). The monoisotopic (exact) mass is 452 g/mol. The van der Waals surface area contributed by atoms with Crippen molar-refractivity contribution in [2.75, 3.05) is 13.2 Å². The molecule has 2 aromatic carbocycles. The Balaban J connectivity index is 1.61. The molecule has 0 saturated heterocycles. The van der Waals surface area contributed by atoms with E-state index in [-0.39, 0.29) is 37.3 Å². The number of carboxylic acids is 1. The number of amides is 2. The topological polar surface area (TPSA) is 105 Å². The fourth-order valence-corrected chi connectivity index (χ4v) is 4.21. The molecular formula is C26H32N2O5. The maximum atomic E-state index is 12.8. The zero-order chi connectivity index (χ0) is 24.0. The fourth-order valence-electron chi connectivity index (χ4n) is 4.21. The van der Waals surface area contributed by atoms with Gasteiger partial charge in [-0.25, -0.2) is 4.79 Å². The highest BCUT2D eigenvalue weighted by Gasteiger charge is 2.35. The van der Waals surface area contributed by atoms with Gasteiger partial charge in [0, 0.05) is 18.9 Å². The summed E-state index contributed by atoms with van der Waals surface area (Å²) < 4.78 is 5.58. The van der Waals surface area contributed by atoms with Gasteiger partial charge in [0.05, 0.1) is 0 Å². The first-order chi connectivity index (χ1) is 15.8. The molecule has 33 heavy (non-hydrogen) atoms. The Morgan fingerprint density at radius 2 is 1.61 bits per heavy atom. The van der Waals surface area contributed by atoms with E-state index in [1.807, 2.05) is 43.3 Å². The van der Waals surface area contributed by atoms with Crippen LogP contribution in [0.2, 0.25) is 0 Å². The molecule has 2 atom stereocenters. The minimum Gasteiger partial charge on any atom is -0.481 e. The average Bonchev–Trinajstić information content (AvgIpc) is 3.13. The van der Waals surface area contributed by atoms with Crippen molar-refractivity contribution in [3.05, 3.63) is 59.7 Å². The number of hydrogen-bond acceptors (Lipinski definition) is 4. The number of nitrogens with one attached hydrogen (secondary N) is 2. The highest BCUT2D eigenvalue weighted by atomic mass is 16.5. The zero-order valence-electron chi connectivity index (χ0n) is 19.4. The van der Waals surface area contributed by atoms with Gasteiger partial charge in [0.1, 0.15) is 12.1 Å². The van der Waals surface area contributed by atoms with Gasteiger partial charge in [-0.15, -0.1) is 0 Å². The van der Waals surface area contributed by atoms with Crippen molar-refractivity contribution in [1.29, 1.82) is 0 Å². The second-order valence-corrected chi connectivity index (χ2v) is 8.72. The van der Waals surface area contributed by atoms with E-state index in [1.54, 1.807) is 13.8 Å². The van der Waals surface area contributed by atoms with E-state index in [1.165, 1.54) is 0 Å². The standard InChI is InChI=1S/C26H32N2O5/c1-4-17(14-23(29)30)15-27-24(31)26(3,5-2)28-25(32)33-16-22-20-12-8-6-10-18(20)19-11-7-9-13-21(19)22/h6-13,17,22H,4-5,14-16H2,1-3H3,(H,27,31)(H,28,32)(H,29,30). The molecule has 2 unspecified atom stereocenters. The molecule has 0 aliphatic heterocycles. The van der Waals surface area contributed by atoms with Crippen LogP contribution in [0, 0.1) is 5.92 Å². The summed E-state index contributed by atoms with van der Waals surface area (Å²) in [5.41, 5.74) is 3.36. The molecule has 7 heteroatoms. The van der Waals surface area contributed by atoms with Crippen molar-refractivity contribution in [3.63, 3.8) is 0 Å². The highest BCUT2D eigenvalue weighted by Crippen LogP contribution is 2.44. The van der Waals surface area contributed by atoms with E-state index in [4.69, 9.17) is 9.84 Å². The summed E-state index contributed by atoms with van der Waals surface area (Å²) in [5.74, 6) is -1.48. The number of hydrogen-bond donors (Lipinski definition) is 3. The normalized spacial score (nSPS) is 15.0. The van der Waals surface area contributed by atoms with Gasteiger partial charge in [-0.05, 0) is 41.5 Å². The highest BCUT2D eigenvalue weighted by molar-refractivity contribution is 5.89. The summed E-state index contributed by atoms with van der Waals surface area (Å²) in [6.45, 7) is 5.73. The summed E-state index contributed by atoms with van der Waals surface area (Å²) in [5, 5.41) is 14.5. The lowest BCUT2D eigenvalue weighted by molar-refractivity contribution is -0.138. The van der Waals surface area contributed by atoms with E-state index in [9.17, 15) is 14.4 Å². The smallest absolute Gasteiger partial charge is 0.408 e. The minimum atomic E-state index is -1.16. The van der Waals surface area contributed by atoms with Gasteiger partial charge >= 0.3 is 12.1 Å². The Bertz CT molecular complexity index is 976. The Hall–Kier alpha value is -3.35. The van der Waals surface area contributed by atoms with Crippen LogP contribution in [-0.4, -0.2) is 41.8 Å². The number of rotatable bonds is 10. The number of carbonyl (C=O) groups excluding carboxylic acids is 2. The summed E-state index contributed by atoms with van der Waals surface area (Å²) >= 11 is 0. The lowest BCUT2D eigenvalue weighted by Gasteiger charge is -2.29. The molecule has 0 bridgehead atoms. The van der Waals surface area contributed by atoms with Gasteiger partial charge in [0.15, 0.2) is 0 Å². The molecule has 1 aliphatic carbocycles. The van der Waals surface area contributed by atoms with Crippen LogP contribution in [-0.2, 0) is 14.3 Å². The molecule has 0 saturated carbocycles. The maximum Gasteiger partial charge on any atom is 0.408 e. The summed E-state index contributed by atoms with van der Waals surface area (Å²) in [6.07, 6.45) is 0.321. The number of ether oxygens (including phenoxy) is 1. The van der Waals surface area contributed by atoms with Crippen LogP contribution in [0.25, 0.3) is 11.1 Å². The lowest BCUT2D eigenvalue weighted by atomic mass is 9.96. The van der Waals surface area contributed by atoms with Gasteiger partial charge in [-0.1, -0.05) is 68.8 Å². The Morgan fingerprint density at radius 3 is 2.12 bits per heavy atom. The molecule has 7 nitrogen and oxygen atoms in total. The first kappa shape index (κ1) is 24.3. The quantitative estimate of drug-likeness (QED) is 0.498. The SMILES string of the molecule is CCC(CNC(=O)C(C)(CC)NC(=O)OCC1c2ccccc2-c2ccccc21)CC(=O)O. The van der Waals surface area contributed by atoms with Crippen molar-refractivity contribution in [3.8, 4) is 11.1 Å². The summed E-state index contributed by atoms with van der Waals surface area (Å²) in [4.78, 5) is 36.4. The van der Waals surface area contributed by atoms with Crippen LogP contribution in [0.15, 0.2) is 48.5 Å². The molecular weight excluding hydrogens is 420 g/mol. The van der Waals surface area contributed by atoms with Crippen molar-refractivity contribution in [1.82, 2.24) is 10.6 Å². The van der Waals surface area contributed by atoms with Gasteiger partial charge in [0.2, 0.25) is 5.91 Å². The molecule has 0 aromatic heterocycles. The summed E-state index contributed by atoms with van der Waals surface area (Å²) in [6, 6.07) is 16.2. The number of carboxylic acid groups (broad SMARTS) is 1. The second-order valence-electron chi connectivity index (χ2n) is 8.72. The molecule has 0 radical (unpaired) electrons. The van der Waals surface area contributed by atoms with Crippen LogP contribution in [0.4, 0.5) is 4.79 Å². The summed E-state index contributed by atoms with van der Waals surface area (Å²) in [7, 11) is 0. The van der Waals surface area contributed by atoms with Gasteiger partial charge in [0.25, 0.3) is 0 Å². The second kappa shape index (κ2) is 10.5. The predicted molar refractivity (Wildman–Crippen MR) is 126 cm³/mol. The number of carbonyl (C=O) groups is 3. The molecule has 1 aliphatic rings. The van der Waals surface area contributed by atoms with Crippen LogP contribution in [0.5, 0.6) is 0 Å². The lowest BCUT2D eigenvalue weighted by Crippen LogP contribution is -2.57. The predicted octanol–water partition coefficient (Wildman–Crippen LogP) is 4.31. The van der Waals surface area contributed by atoms with Crippen LogP contribution < -0.4 is 10.6 Å². The van der Waals surface area contributed by atoms with Crippen molar-refractivity contribution in [2.45, 2.75) is 51.5 Å². The van der Waals surface area contributed by atoms with E-state index in [0.29, 0.717) is 12.8 Å². The number of benzene rings is 2. The number of fused-ring (bicyclic) bond motifs is 3. The Morgan fingerprint density at radius 1 is 1.03 bits per heavy atom.